The minimum atomic E-state index is -0.203. The molecule has 0 aliphatic rings. The topological polar surface area (TPSA) is 59.8 Å². The van der Waals surface area contributed by atoms with E-state index in [4.69, 9.17) is 0 Å². The Balaban J connectivity index is 1.63. The zero-order chi connectivity index (χ0) is 22.0. The van der Waals surface area contributed by atoms with E-state index in [1.807, 2.05) is 61.6 Å². The number of benzene rings is 2. The van der Waals surface area contributed by atoms with Crippen LogP contribution in [0.1, 0.15) is 48.1 Å². The molecule has 2 aromatic carbocycles. The predicted molar refractivity (Wildman–Crippen MR) is 124 cm³/mol. The van der Waals surface area contributed by atoms with Crippen LogP contribution >= 0.6 is 0 Å². The smallest absolute Gasteiger partial charge is 0.272 e. The van der Waals surface area contributed by atoms with Crippen molar-refractivity contribution >= 4 is 22.6 Å². The average molecular weight is 409 g/mol. The van der Waals surface area contributed by atoms with E-state index in [1.54, 1.807) is 10.6 Å². The fraction of sp³-hybridized carbons (Fsp3) is 0.192. The van der Waals surface area contributed by atoms with Crippen molar-refractivity contribution < 1.29 is 4.79 Å². The van der Waals surface area contributed by atoms with Gasteiger partial charge in [-0.3, -0.25) is 4.79 Å². The molecule has 2 heterocycles. The SMILES string of the molecule is Cn1c(C(=O)Nc2ccc(C(C)(C)C)cc2)cc2c(C#Cc3ccccc3)ncnc21. The van der Waals surface area contributed by atoms with E-state index in [0.29, 0.717) is 17.0 Å². The summed E-state index contributed by atoms with van der Waals surface area (Å²) in [7, 11) is 1.82. The maximum absolute atomic E-state index is 13.0. The molecule has 0 saturated heterocycles. The summed E-state index contributed by atoms with van der Waals surface area (Å²) in [4.78, 5) is 21.6. The summed E-state index contributed by atoms with van der Waals surface area (Å²) >= 11 is 0. The predicted octanol–water partition coefficient (Wildman–Crippen LogP) is 4.92. The lowest BCUT2D eigenvalue weighted by Crippen LogP contribution is -2.16. The first kappa shape index (κ1) is 20.4. The Morgan fingerprint density at radius 1 is 0.968 bits per heavy atom. The molecule has 154 valence electrons. The van der Waals surface area contributed by atoms with Gasteiger partial charge in [0.1, 0.15) is 23.4 Å². The molecule has 31 heavy (non-hydrogen) atoms. The van der Waals surface area contributed by atoms with E-state index < -0.39 is 0 Å². The maximum atomic E-state index is 13.0. The first-order chi connectivity index (χ1) is 14.8. The number of hydrogen-bond acceptors (Lipinski definition) is 3. The minimum Gasteiger partial charge on any atom is -0.324 e. The molecule has 0 atom stereocenters. The largest absolute Gasteiger partial charge is 0.324 e. The number of anilines is 1. The molecule has 0 aliphatic heterocycles. The number of amides is 1. The summed E-state index contributed by atoms with van der Waals surface area (Å²) in [6.45, 7) is 6.49. The first-order valence-electron chi connectivity index (χ1n) is 10.1. The van der Waals surface area contributed by atoms with Crippen molar-refractivity contribution in [1.82, 2.24) is 14.5 Å². The van der Waals surface area contributed by atoms with Crippen molar-refractivity contribution in [1.29, 1.82) is 0 Å². The molecule has 0 fully saturated rings. The second-order valence-electron chi connectivity index (χ2n) is 8.45. The number of aromatic nitrogens is 3. The zero-order valence-corrected chi connectivity index (χ0v) is 18.1. The molecular formula is C26H24N4O. The van der Waals surface area contributed by atoms with E-state index in [9.17, 15) is 4.79 Å². The molecule has 1 N–H and O–H groups in total. The number of fused-ring (bicyclic) bond motifs is 1. The summed E-state index contributed by atoms with van der Waals surface area (Å²) in [5, 5.41) is 3.72. The van der Waals surface area contributed by atoms with E-state index >= 15 is 0 Å². The van der Waals surface area contributed by atoms with Crippen molar-refractivity contribution in [3.8, 4) is 11.8 Å². The highest BCUT2D eigenvalue weighted by atomic mass is 16.1. The van der Waals surface area contributed by atoms with E-state index in [2.05, 4.69) is 47.9 Å². The second-order valence-corrected chi connectivity index (χ2v) is 8.45. The van der Waals surface area contributed by atoms with Crippen molar-refractivity contribution in [3.05, 3.63) is 89.5 Å². The van der Waals surface area contributed by atoms with Gasteiger partial charge >= 0.3 is 0 Å². The van der Waals surface area contributed by atoms with Gasteiger partial charge < -0.3 is 9.88 Å². The fourth-order valence-corrected chi connectivity index (χ4v) is 3.35. The highest BCUT2D eigenvalue weighted by Crippen LogP contribution is 2.24. The molecule has 0 bridgehead atoms. The lowest BCUT2D eigenvalue weighted by atomic mass is 9.87. The van der Waals surface area contributed by atoms with Gasteiger partial charge in [0.25, 0.3) is 5.91 Å². The molecule has 4 aromatic rings. The van der Waals surface area contributed by atoms with E-state index in [0.717, 1.165) is 16.6 Å². The standard InChI is InChI=1S/C26H24N4O/c1-26(2,3)19-11-13-20(14-12-19)29-25(31)23-16-21-22(27-17-28-24(21)30(23)4)15-10-18-8-6-5-7-9-18/h5-9,11-14,16-17H,1-4H3,(H,29,31). The molecule has 5 heteroatoms. The second kappa shape index (κ2) is 8.08. The van der Waals surface area contributed by atoms with Crippen LogP contribution in [-0.4, -0.2) is 20.4 Å². The number of aryl methyl sites for hydroxylation is 1. The van der Waals surface area contributed by atoms with Gasteiger partial charge in [-0.05, 0) is 47.2 Å². The lowest BCUT2D eigenvalue weighted by molar-refractivity contribution is 0.101. The molecular weight excluding hydrogens is 384 g/mol. The first-order valence-corrected chi connectivity index (χ1v) is 10.1. The third-order valence-corrected chi connectivity index (χ3v) is 5.16. The third-order valence-electron chi connectivity index (χ3n) is 5.16. The van der Waals surface area contributed by atoms with Crippen LogP contribution in [0.2, 0.25) is 0 Å². The zero-order valence-electron chi connectivity index (χ0n) is 18.1. The number of carbonyl (C=O) groups is 1. The Morgan fingerprint density at radius 3 is 2.35 bits per heavy atom. The Labute approximate surface area is 182 Å². The summed E-state index contributed by atoms with van der Waals surface area (Å²) < 4.78 is 1.77. The number of nitrogens with one attached hydrogen (secondary N) is 1. The van der Waals surface area contributed by atoms with Gasteiger partial charge in [-0.15, -0.1) is 0 Å². The molecule has 5 nitrogen and oxygen atoms in total. The number of hydrogen-bond donors (Lipinski definition) is 1. The van der Waals surface area contributed by atoms with Crippen molar-refractivity contribution in [3.63, 3.8) is 0 Å². The van der Waals surface area contributed by atoms with E-state index in [-0.39, 0.29) is 11.3 Å². The van der Waals surface area contributed by atoms with Crippen LogP contribution in [0.25, 0.3) is 11.0 Å². The molecule has 2 aromatic heterocycles. The highest BCUT2D eigenvalue weighted by Gasteiger charge is 2.17. The molecule has 0 spiro atoms. The van der Waals surface area contributed by atoms with E-state index in [1.165, 1.54) is 11.9 Å². The van der Waals surface area contributed by atoms with Gasteiger partial charge in [0, 0.05) is 18.3 Å². The third kappa shape index (κ3) is 4.34. The normalized spacial score (nSPS) is 11.1. The molecule has 0 radical (unpaired) electrons. The molecule has 4 rings (SSSR count). The van der Waals surface area contributed by atoms with Gasteiger partial charge in [0.05, 0.1) is 5.39 Å². The van der Waals surface area contributed by atoms with Crippen LogP contribution in [0.3, 0.4) is 0 Å². The summed E-state index contributed by atoms with van der Waals surface area (Å²) in [5.41, 5.74) is 4.69. The van der Waals surface area contributed by atoms with Crippen molar-refractivity contribution in [2.75, 3.05) is 5.32 Å². The van der Waals surface area contributed by atoms with Gasteiger partial charge in [0.2, 0.25) is 0 Å². The Bertz CT molecular complexity index is 1300. The van der Waals surface area contributed by atoms with Crippen LogP contribution < -0.4 is 5.32 Å². The van der Waals surface area contributed by atoms with Gasteiger partial charge in [-0.25, -0.2) is 9.97 Å². The van der Waals surface area contributed by atoms with Crippen molar-refractivity contribution in [2.24, 2.45) is 7.05 Å². The minimum absolute atomic E-state index is 0.0637. The van der Waals surface area contributed by atoms with Gasteiger partial charge in [-0.2, -0.15) is 0 Å². The van der Waals surface area contributed by atoms with Crippen LogP contribution in [0.4, 0.5) is 5.69 Å². The average Bonchev–Trinajstić information content (AvgIpc) is 3.10. The van der Waals surface area contributed by atoms with Crippen LogP contribution in [0, 0.1) is 11.8 Å². The quantitative estimate of drug-likeness (QED) is 0.479. The van der Waals surface area contributed by atoms with Gasteiger partial charge in [0.15, 0.2) is 0 Å². The maximum Gasteiger partial charge on any atom is 0.272 e. The lowest BCUT2D eigenvalue weighted by Gasteiger charge is -2.19. The summed E-state index contributed by atoms with van der Waals surface area (Å²) in [6.07, 6.45) is 1.48. The number of rotatable bonds is 2. The number of nitrogens with zero attached hydrogens (tertiary/aromatic N) is 3. The van der Waals surface area contributed by atoms with Crippen LogP contribution in [-0.2, 0) is 12.5 Å². The van der Waals surface area contributed by atoms with Crippen LogP contribution in [0.15, 0.2) is 67.0 Å². The van der Waals surface area contributed by atoms with Crippen LogP contribution in [0.5, 0.6) is 0 Å². The molecule has 0 unspecified atom stereocenters. The molecule has 0 saturated carbocycles. The Hall–Kier alpha value is -3.91. The number of carbonyl (C=O) groups excluding carboxylic acids is 1. The van der Waals surface area contributed by atoms with Crippen molar-refractivity contribution in [2.45, 2.75) is 26.2 Å². The highest BCUT2D eigenvalue weighted by molar-refractivity contribution is 6.06. The Morgan fingerprint density at radius 2 is 1.68 bits per heavy atom. The summed E-state index contributed by atoms with van der Waals surface area (Å²) in [5.74, 6) is 6.02. The fourth-order valence-electron chi connectivity index (χ4n) is 3.35. The molecule has 0 aliphatic carbocycles. The summed E-state index contributed by atoms with van der Waals surface area (Å²) in [6, 6.07) is 19.5. The van der Waals surface area contributed by atoms with Gasteiger partial charge in [-0.1, -0.05) is 57.0 Å². The molecule has 1 amide bonds. The monoisotopic (exact) mass is 408 g/mol. The Kier molecular flexibility index (Phi) is 5.31.